The van der Waals surface area contributed by atoms with E-state index in [1.807, 2.05) is 24.3 Å². The summed E-state index contributed by atoms with van der Waals surface area (Å²) in [6, 6.07) is 17.1. The van der Waals surface area contributed by atoms with Crippen LogP contribution >= 0.6 is 11.6 Å². The molecule has 5 heteroatoms. The van der Waals surface area contributed by atoms with Crippen molar-refractivity contribution in [3.8, 4) is 11.1 Å². The maximum atomic E-state index is 13.1. The number of carbonyl (C=O) groups is 1. The Kier molecular flexibility index (Phi) is 4.87. The number of nitrogens with one attached hydrogen (secondary N) is 1. The molecule has 0 amide bonds. The van der Waals surface area contributed by atoms with E-state index in [0.717, 1.165) is 16.8 Å². The first kappa shape index (κ1) is 16.1. The van der Waals surface area contributed by atoms with Crippen molar-refractivity contribution in [3.63, 3.8) is 0 Å². The second-order valence-electron chi connectivity index (χ2n) is 5.17. The minimum Gasteiger partial charge on any atom is -0.377 e. The number of ketones is 1. The zero-order valence-electron chi connectivity index (χ0n) is 12.7. The van der Waals surface area contributed by atoms with Crippen LogP contribution in [0, 0.1) is 5.82 Å². The lowest BCUT2D eigenvalue weighted by Crippen LogP contribution is -2.15. The van der Waals surface area contributed by atoms with E-state index in [1.54, 1.807) is 24.3 Å². The molecule has 1 heterocycles. The summed E-state index contributed by atoms with van der Waals surface area (Å²) < 4.78 is 13.1. The predicted octanol–water partition coefficient (Wildman–Crippen LogP) is 4.84. The Morgan fingerprint density at radius 1 is 1.04 bits per heavy atom. The number of hydrogen-bond donors (Lipinski definition) is 1. The number of carbonyl (C=O) groups excluding carboxylic acids is 1. The summed E-state index contributed by atoms with van der Waals surface area (Å²) in [6.45, 7) is 0.0869. The fraction of sp³-hybridized carbons (Fsp3) is 0.0526. The van der Waals surface area contributed by atoms with Crippen LogP contribution in [0.3, 0.4) is 0 Å². The van der Waals surface area contributed by atoms with E-state index in [9.17, 15) is 9.18 Å². The maximum absolute atomic E-state index is 13.1. The zero-order chi connectivity index (χ0) is 16.9. The average molecular weight is 341 g/mol. The van der Waals surface area contributed by atoms with E-state index in [4.69, 9.17) is 11.6 Å². The van der Waals surface area contributed by atoms with Gasteiger partial charge in [0, 0.05) is 17.4 Å². The monoisotopic (exact) mass is 340 g/mol. The number of anilines is 1. The van der Waals surface area contributed by atoms with Crippen molar-refractivity contribution in [2.24, 2.45) is 0 Å². The normalized spacial score (nSPS) is 10.4. The lowest BCUT2D eigenvalue weighted by Gasteiger charge is -2.12. The molecule has 3 rings (SSSR count). The third kappa shape index (κ3) is 3.60. The first-order chi connectivity index (χ1) is 11.6. The maximum Gasteiger partial charge on any atom is 0.184 e. The topological polar surface area (TPSA) is 42.0 Å². The average Bonchev–Trinajstić information content (AvgIpc) is 2.61. The molecule has 0 saturated carbocycles. The fourth-order valence-corrected chi connectivity index (χ4v) is 2.61. The molecule has 24 heavy (non-hydrogen) atoms. The molecule has 0 radical (unpaired) electrons. The third-order valence-corrected chi connectivity index (χ3v) is 3.88. The molecule has 0 saturated heterocycles. The van der Waals surface area contributed by atoms with Crippen LogP contribution in [0.25, 0.3) is 11.1 Å². The second-order valence-corrected chi connectivity index (χ2v) is 5.53. The van der Waals surface area contributed by atoms with Gasteiger partial charge in [-0.2, -0.15) is 0 Å². The predicted molar refractivity (Wildman–Crippen MR) is 93.9 cm³/mol. The number of para-hydroxylation sites is 1. The van der Waals surface area contributed by atoms with Crippen LogP contribution in [0.2, 0.25) is 5.15 Å². The van der Waals surface area contributed by atoms with E-state index in [2.05, 4.69) is 10.3 Å². The van der Waals surface area contributed by atoms with Gasteiger partial charge in [-0.25, -0.2) is 9.37 Å². The Bertz CT molecular complexity index is 865. The van der Waals surface area contributed by atoms with E-state index in [-0.39, 0.29) is 23.3 Å². The van der Waals surface area contributed by atoms with Crippen LogP contribution < -0.4 is 5.32 Å². The number of Topliss-reactive ketones (excluding diaryl/α,β-unsaturated/α-hetero) is 1. The molecular formula is C19H14ClFN2O. The van der Waals surface area contributed by atoms with Crippen LogP contribution in [0.5, 0.6) is 0 Å². The van der Waals surface area contributed by atoms with Gasteiger partial charge in [-0.1, -0.05) is 41.9 Å². The standard InChI is InChI=1S/C19H14ClFN2O/c20-19-16(5-3-11-22-19)18(24)12-23-17-6-2-1-4-15(17)13-7-9-14(21)10-8-13/h1-11,23H,12H2. The van der Waals surface area contributed by atoms with Crippen molar-refractivity contribution in [3.05, 3.63) is 83.4 Å². The highest BCUT2D eigenvalue weighted by atomic mass is 35.5. The number of rotatable bonds is 5. The van der Waals surface area contributed by atoms with Gasteiger partial charge in [-0.15, -0.1) is 0 Å². The fourth-order valence-electron chi connectivity index (χ4n) is 2.38. The van der Waals surface area contributed by atoms with Gasteiger partial charge < -0.3 is 5.32 Å². The quantitative estimate of drug-likeness (QED) is 0.534. The third-order valence-electron chi connectivity index (χ3n) is 3.58. The number of aromatic nitrogens is 1. The van der Waals surface area contributed by atoms with Gasteiger partial charge in [0.25, 0.3) is 0 Å². The van der Waals surface area contributed by atoms with Crippen molar-refractivity contribution in [2.45, 2.75) is 0 Å². The van der Waals surface area contributed by atoms with Crippen LogP contribution in [0.4, 0.5) is 10.1 Å². The van der Waals surface area contributed by atoms with Crippen molar-refractivity contribution in [2.75, 3.05) is 11.9 Å². The van der Waals surface area contributed by atoms with E-state index in [0.29, 0.717) is 5.56 Å². The Balaban J connectivity index is 1.80. The summed E-state index contributed by atoms with van der Waals surface area (Å²) in [5.74, 6) is -0.437. The molecule has 0 unspecified atom stereocenters. The first-order valence-corrected chi connectivity index (χ1v) is 7.75. The molecule has 3 aromatic rings. The summed E-state index contributed by atoms with van der Waals surface area (Å²) in [5, 5.41) is 3.31. The molecule has 2 aromatic carbocycles. The minimum atomic E-state index is -0.286. The molecule has 0 aliphatic rings. The molecule has 0 fully saturated rings. The van der Waals surface area contributed by atoms with Crippen molar-refractivity contribution >= 4 is 23.1 Å². The van der Waals surface area contributed by atoms with Gasteiger partial charge in [-0.3, -0.25) is 4.79 Å². The lowest BCUT2D eigenvalue weighted by molar-refractivity contribution is 0.101. The highest BCUT2D eigenvalue weighted by molar-refractivity contribution is 6.32. The Morgan fingerprint density at radius 3 is 2.54 bits per heavy atom. The minimum absolute atomic E-state index is 0.0869. The van der Waals surface area contributed by atoms with Gasteiger partial charge in [-0.05, 0) is 35.9 Å². The smallest absolute Gasteiger partial charge is 0.184 e. The van der Waals surface area contributed by atoms with E-state index in [1.165, 1.54) is 18.3 Å². The number of hydrogen-bond acceptors (Lipinski definition) is 3. The molecule has 0 aliphatic heterocycles. The van der Waals surface area contributed by atoms with Crippen molar-refractivity contribution < 1.29 is 9.18 Å². The molecule has 0 atom stereocenters. The van der Waals surface area contributed by atoms with Crippen LogP contribution in [0.1, 0.15) is 10.4 Å². The van der Waals surface area contributed by atoms with Gasteiger partial charge >= 0.3 is 0 Å². The molecule has 1 N–H and O–H groups in total. The lowest BCUT2D eigenvalue weighted by atomic mass is 10.0. The van der Waals surface area contributed by atoms with Gasteiger partial charge in [0.2, 0.25) is 0 Å². The van der Waals surface area contributed by atoms with E-state index < -0.39 is 0 Å². The Hall–Kier alpha value is -2.72. The largest absolute Gasteiger partial charge is 0.377 e. The van der Waals surface area contributed by atoms with Crippen molar-refractivity contribution in [1.82, 2.24) is 4.98 Å². The molecular weight excluding hydrogens is 327 g/mol. The highest BCUT2D eigenvalue weighted by Crippen LogP contribution is 2.28. The number of nitrogens with zero attached hydrogens (tertiary/aromatic N) is 1. The molecule has 0 spiro atoms. The first-order valence-electron chi connectivity index (χ1n) is 7.38. The molecule has 0 bridgehead atoms. The van der Waals surface area contributed by atoms with Gasteiger partial charge in [0.1, 0.15) is 11.0 Å². The van der Waals surface area contributed by atoms with Crippen LogP contribution in [0.15, 0.2) is 66.9 Å². The number of benzene rings is 2. The molecule has 3 nitrogen and oxygen atoms in total. The highest BCUT2D eigenvalue weighted by Gasteiger charge is 2.12. The Morgan fingerprint density at radius 2 is 1.79 bits per heavy atom. The van der Waals surface area contributed by atoms with Gasteiger partial charge in [0.05, 0.1) is 12.1 Å². The van der Waals surface area contributed by atoms with Crippen LogP contribution in [-0.2, 0) is 0 Å². The van der Waals surface area contributed by atoms with Gasteiger partial charge in [0.15, 0.2) is 5.78 Å². The summed E-state index contributed by atoms with van der Waals surface area (Å²) in [5.41, 5.74) is 2.93. The molecule has 0 aliphatic carbocycles. The number of halogens is 2. The second kappa shape index (κ2) is 7.23. The van der Waals surface area contributed by atoms with Crippen molar-refractivity contribution in [1.29, 1.82) is 0 Å². The SMILES string of the molecule is O=C(CNc1ccccc1-c1ccc(F)cc1)c1cccnc1Cl. The zero-order valence-corrected chi connectivity index (χ0v) is 13.4. The molecule has 120 valence electrons. The number of pyridine rings is 1. The molecule has 1 aromatic heterocycles. The van der Waals surface area contributed by atoms with E-state index >= 15 is 0 Å². The Labute approximate surface area is 144 Å². The summed E-state index contributed by atoms with van der Waals surface area (Å²) in [6.07, 6.45) is 1.54. The summed E-state index contributed by atoms with van der Waals surface area (Å²) in [4.78, 5) is 16.2. The summed E-state index contributed by atoms with van der Waals surface area (Å²) >= 11 is 5.95. The van der Waals surface area contributed by atoms with Crippen LogP contribution in [-0.4, -0.2) is 17.3 Å². The summed E-state index contributed by atoms with van der Waals surface area (Å²) in [7, 11) is 0.